The van der Waals surface area contributed by atoms with Gasteiger partial charge in [0.2, 0.25) is 0 Å². The van der Waals surface area contributed by atoms with E-state index in [2.05, 4.69) is 9.88 Å². The first kappa shape index (κ1) is 21.4. The molecule has 1 N–H and O–H groups in total. The van der Waals surface area contributed by atoms with E-state index in [0.717, 1.165) is 12.2 Å². The van der Waals surface area contributed by atoms with E-state index in [4.69, 9.17) is 11.6 Å². The maximum absolute atomic E-state index is 13.3. The fraction of sp³-hybridized carbons (Fsp3) is 0.308. The average molecular weight is 435 g/mol. The van der Waals surface area contributed by atoms with Crippen LogP contribution in [0.4, 0.5) is 5.69 Å². The Morgan fingerprint density at radius 1 is 1.03 bits per heavy atom. The number of halogens is 1. The molecule has 1 saturated carbocycles. The van der Waals surface area contributed by atoms with Crippen molar-refractivity contribution in [1.29, 1.82) is 0 Å². The van der Waals surface area contributed by atoms with Crippen LogP contribution in [-0.4, -0.2) is 10.5 Å². The lowest BCUT2D eigenvalue weighted by atomic mass is 9.88. The van der Waals surface area contributed by atoms with Crippen LogP contribution in [0.2, 0.25) is 5.02 Å². The molecule has 1 aliphatic rings. The first-order valence-electron chi connectivity index (χ1n) is 10.9. The number of amides is 1. The Balaban J connectivity index is 1.86. The summed E-state index contributed by atoms with van der Waals surface area (Å²) in [6.07, 6.45) is 6.07. The van der Waals surface area contributed by atoms with Crippen LogP contribution in [0, 0.1) is 12.8 Å². The second-order valence-corrected chi connectivity index (χ2v) is 8.70. The van der Waals surface area contributed by atoms with Gasteiger partial charge in [0.15, 0.2) is 5.43 Å². The number of aromatic nitrogens is 1. The molecule has 1 amide bonds. The fourth-order valence-corrected chi connectivity index (χ4v) is 4.72. The van der Waals surface area contributed by atoms with Crippen molar-refractivity contribution in [2.24, 2.45) is 5.92 Å². The van der Waals surface area contributed by atoms with Crippen molar-refractivity contribution < 1.29 is 4.79 Å². The Labute approximate surface area is 187 Å². The molecule has 5 heteroatoms. The van der Waals surface area contributed by atoms with Crippen molar-refractivity contribution >= 4 is 23.2 Å². The molecule has 2 aromatic carbocycles. The predicted octanol–water partition coefficient (Wildman–Crippen LogP) is 6.31. The van der Waals surface area contributed by atoms with Gasteiger partial charge >= 0.3 is 0 Å². The SMILES string of the molecule is Cc1cc(=O)c(C(=O)Nc2ccccc2)c(-c2ccccc2Cl)n1CC1CCCCC1. The van der Waals surface area contributed by atoms with Crippen LogP contribution < -0.4 is 10.7 Å². The number of pyridine rings is 1. The summed E-state index contributed by atoms with van der Waals surface area (Å²) in [5.41, 5.74) is 2.66. The van der Waals surface area contributed by atoms with Crippen LogP contribution in [0.25, 0.3) is 11.3 Å². The van der Waals surface area contributed by atoms with E-state index in [1.165, 1.54) is 32.1 Å². The van der Waals surface area contributed by atoms with E-state index in [1.54, 1.807) is 12.1 Å². The lowest BCUT2D eigenvalue weighted by Gasteiger charge is -2.27. The van der Waals surface area contributed by atoms with Crippen LogP contribution in [0.3, 0.4) is 0 Å². The summed E-state index contributed by atoms with van der Waals surface area (Å²) >= 11 is 6.57. The lowest BCUT2D eigenvalue weighted by molar-refractivity contribution is 0.102. The molecule has 0 atom stereocenters. The molecule has 31 heavy (non-hydrogen) atoms. The molecule has 1 heterocycles. The molecule has 1 aliphatic carbocycles. The predicted molar refractivity (Wildman–Crippen MR) is 127 cm³/mol. The summed E-state index contributed by atoms with van der Waals surface area (Å²) in [7, 11) is 0. The van der Waals surface area contributed by atoms with Crippen molar-refractivity contribution in [2.75, 3.05) is 5.32 Å². The van der Waals surface area contributed by atoms with Gasteiger partial charge in [0.25, 0.3) is 5.91 Å². The van der Waals surface area contributed by atoms with Crippen LogP contribution >= 0.6 is 11.6 Å². The maximum atomic E-state index is 13.3. The van der Waals surface area contributed by atoms with E-state index in [0.29, 0.717) is 27.9 Å². The van der Waals surface area contributed by atoms with Gasteiger partial charge < -0.3 is 9.88 Å². The number of para-hydroxylation sites is 1. The highest BCUT2D eigenvalue weighted by Gasteiger charge is 2.25. The Morgan fingerprint density at radius 3 is 2.42 bits per heavy atom. The molecule has 0 unspecified atom stereocenters. The van der Waals surface area contributed by atoms with Crippen LogP contribution in [0.1, 0.15) is 48.2 Å². The highest BCUT2D eigenvalue weighted by molar-refractivity contribution is 6.33. The lowest BCUT2D eigenvalue weighted by Crippen LogP contribution is -2.28. The molecule has 1 fully saturated rings. The molecule has 4 nitrogen and oxygen atoms in total. The van der Waals surface area contributed by atoms with Crippen molar-refractivity contribution in [3.05, 3.63) is 87.2 Å². The topological polar surface area (TPSA) is 51.1 Å². The molecular weight excluding hydrogens is 408 g/mol. The van der Waals surface area contributed by atoms with Crippen molar-refractivity contribution in [3.8, 4) is 11.3 Å². The number of carbonyl (C=O) groups excluding carboxylic acids is 1. The van der Waals surface area contributed by atoms with E-state index >= 15 is 0 Å². The Kier molecular flexibility index (Phi) is 6.57. The number of aryl methyl sites for hydroxylation is 1. The molecule has 0 aliphatic heterocycles. The monoisotopic (exact) mass is 434 g/mol. The van der Waals surface area contributed by atoms with Gasteiger partial charge in [-0.1, -0.05) is 67.3 Å². The Hall–Kier alpha value is -2.85. The largest absolute Gasteiger partial charge is 0.344 e. The van der Waals surface area contributed by atoms with E-state index in [1.807, 2.05) is 55.5 Å². The molecule has 0 radical (unpaired) electrons. The van der Waals surface area contributed by atoms with E-state index in [-0.39, 0.29) is 11.0 Å². The van der Waals surface area contributed by atoms with Gasteiger partial charge in [0, 0.05) is 34.6 Å². The summed E-state index contributed by atoms with van der Waals surface area (Å²) in [5, 5.41) is 3.41. The molecule has 0 spiro atoms. The third-order valence-electron chi connectivity index (χ3n) is 6.07. The quantitative estimate of drug-likeness (QED) is 0.511. The number of rotatable bonds is 5. The molecule has 1 aromatic heterocycles. The first-order valence-corrected chi connectivity index (χ1v) is 11.3. The number of hydrogen-bond acceptors (Lipinski definition) is 2. The van der Waals surface area contributed by atoms with Crippen LogP contribution in [-0.2, 0) is 6.54 Å². The molecule has 0 bridgehead atoms. The Morgan fingerprint density at radius 2 is 1.71 bits per heavy atom. The number of nitrogens with one attached hydrogen (secondary N) is 1. The van der Waals surface area contributed by atoms with Crippen molar-refractivity contribution in [2.45, 2.75) is 45.6 Å². The van der Waals surface area contributed by atoms with Gasteiger partial charge in [-0.2, -0.15) is 0 Å². The fourth-order valence-electron chi connectivity index (χ4n) is 4.50. The van der Waals surface area contributed by atoms with E-state index in [9.17, 15) is 9.59 Å². The molecular formula is C26H27ClN2O2. The summed E-state index contributed by atoms with van der Waals surface area (Å²) in [4.78, 5) is 26.4. The summed E-state index contributed by atoms with van der Waals surface area (Å²) in [5.74, 6) is 0.115. The zero-order valence-corrected chi connectivity index (χ0v) is 18.5. The maximum Gasteiger partial charge on any atom is 0.261 e. The third-order valence-corrected chi connectivity index (χ3v) is 6.40. The normalized spacial score (nSPS) is 14.4. The third kappa shape index (κ3) is 4.75. The zero-order chi connectivity index (χ0) is 21.8. The van der Waals surface area contributed by atoms with Gasteiger partial charge in [-0.3, -0.25) is 9.59 Å². The van der Waals surface area contributed by atoms with Crippen LogP contribution in [0.15, 0.2) is 65.5 Å². The van der Waals surface area contributed by atoms with Crippen LogP contribution in [0.5, 0.6) is 0 Å². The number of carbonyl (C=O) groups is 1. The second-order valence-electron chi connectivity index (χ2n) is 8.29. The minimum Gasteiger partial charge on any atom is -0.344 e. The number of nitrogens with zero attached hydrogens (tertiary/aromatic N) is 1. The number of anilines is 1. The molecule has 4 rings (SSSR count). The van der Waals surface area contributed by atoms with Gasteiger partial charge in [0.05, 0.1) is 5.69 Å². The average Bonchev–Trinajstić information content (AvgIpc) is 2.77. The smallest absolute Gasteiger partial charge is 0.261 e. The second kappa shape index (κ2) is 9.52. The summed E-state index contributed by atoms with van der Waals surface area (Å²) in [6.45, 7) is 2.71. The number of hydrogen-bond donors (Lipinski definition) is 1. The highest BCUT2D eigenvalue weighted by Crippen LogP contribution is 2.33. The van der Waals surface area contributed by atoms with Gasteiger partial charge in [-0.15, -0.1) is 0 Å². The zero-order valence-electron chi connectivity index (χ0n) is 17.7. The van der Waals surface area contributed by atoms with Gasteiger partial charge in [0.1, 0.15) is 5.56 Å². The van der Waals surface area contributed by atoms with Crippen molar-refractivity contribution in [1.82, 2.24) is 4.57 Å². The van der Waals surface area contributed by atoms with E-state index < -0.39 is 5.91 Å². The first-order chi connectivity index (χ1) is 15.0. The van der Waals surface area contributed by atoms with Gasteiger partial charge in [-0.25, -0.2) is 0 Å². The summed E-state index contributed by atoms with van der Waals surface area (Å²) in [6, 6.07) is 18.2. The standard InChI is InChI=1S/C26H27ClN2O2/c1-18-16-23(30)24(26(31)28-20-12-6-3-7-13-20)25(21-14-8-9-15-22(21)27)29(18)17-19-10-4-2-5-11-19/h3,6-9,12-16,19H,2,4-5,10-11,17H2,1H3,(H,28,31). The van der Waals surface area contributed by atoms with Gasteiger partial charge in [-0.05, 0) is 43.9 Å². The minimum absolute atomic E-state index is 0.137. The number of benzene rings is 2. The molecule has 160 valence electrons. The Bertz CT molecular complexity index is 1130. The molecule has 0 saturated heterocycles. The van der Waals surface area contributed by atoms with Crippen molar-refractivity contribution in [3.63, 3.8) is 0 Å². The highest BCUT2D eigenvalue weighted by atomic mass is 35.5. The minimum atomic E-state index is -0.413. The molecule has 3 aromatic rings. The summed E-state index contributed by atoms with van der Waals surface area (Å²) < 4.78 is 2.12.